The Morgan fingerprint density at radius 1 is 1.46 bits per heavy atom. The first-order chi connectivity index (χ1) is 5.93. The van der Waals surface area contributed by atoms with Crippen LogP contribution in [0.15, 0.2) is 0 Å². The van der Waals surface area contributed by atoms with E-state index < -0.39 is 0 Å². The van der Waals surface area contributed by atoms with Gasteiger partial charge in [0.1, 0.15) is 0 Å². The van der Waals surface area contributed by atoms with Crippen molar-refractivity contribution >= 4 is 5.91 Å². The van der Waals surface area contributed by atoms with Crippen molar-refractivity contribution < 1.29 is 4.79 Å². The van der Waals surface area contributed by atoms with Crippen molar-refractivity contribution in [1.29, 1.82) is 0 Å². The summed E-state index contributed by atoms with van der Waals surface area (Å²) in [6.45, 7) is 7.42. The van der Waals surface area contributed by atoms with Crippen molar-refractivity contribution in [1.82, 2.24) is 5.32 Å². The molecule has 0 bridgehead atoms. The molecule has 0 unspecified atom stereocenters. The second-order valence-electron chi connectivity index (χ2n) is 4.95. The summed E-state index contributed by atoms with van der Waals surface area (Å²) in [5.74, 6) is 0.165. The number of hydrogen-bond donors (Lipinski definition) is 2. The van der Waals surface area contributed by atoms with Gasteiger partial charge in [0.25, 0.3) is 0 Å². The van der Waals surface area contributed by atoms with Gasteiger partial charge < -0.3 is 11.1 Å². The molecule has 0 aromatic carbocycles. The zero-order valence-electron chi connectivity index (χ0n) is 8.76. The summed E-state index contributed by atoms with van der Waals surface area (Å²) in [4.78, 5) is 11.2. The Morgan fingerprint density at radius 3 is 2.46 bits per heavy atom. The van der Waals surface area contributed by atoms with E-state index in [4.69, 9.17) is 5.73 Å². The Hall–Kier alpha value is -0.570. The number of nitrogens with one attached hydrogen (secondary N) is 1. The topological polar surface area (TPSA) is 55.1 Å². The van der Waals surface area contributed by atoms with E-state index in [9.17, 15) is 4.79 Å². The number of hydrogen-bond acceptors (Lipinski definition) is 2. The number of carbonyl (C=O) groups is 1. The monoisotopic (exact) mass is 184 g/mol. The van der Waals surface area contributed by atoms with Crippen LogP contribution in [0.25, 0.3) is 0 Å². The molecule has 0 saturated carbocycles. The number of primary amides is 1. The molecule has 1 aliphatic rings. The van der Waals surface area contributed by atoms with Crippen molar-refractivity contribution in [3.05, 3.63) is 0 Å². The fraction of sp³-hybridized carbons (Fsp3) is 0.900. The molecule has 0 aromatic heterocycles. The van der Waals surface area contributed by atoms with Crippen LogP contribution in [0.2, 0.25) is 0 Å². The molecular formula is C10H20N2O. The highest BCUT2D eigenvalue weighted by molar-refractivity contribution is 5.80. The maximum Gasteiger partial charge on any atom is 0.234 e. The highest BCUT2D eigenvalue weighted by Gasteiger charge is 2.36. The molecule has 13 heavy (non-hydrogen) atoms. The highest BCUT2D eigenvalue weighted by atomic mass is 16.1. The van der Waals surface area contributed by atoms with Crippen LogP contribution in [-0.4, -0.2) is 18.5 Å². The summed E-state index contributed by atoms with van der Waals surface area (Å²) in [5, 5.41) is 3.20. The minimum atomic E-state index is -0.209. The van der Waals surface area contributed by atoms with Crippen LogP contribution in [0.3, 0.4) is 0 Å². The van der Waals surface area contributed by atoms with Gasteiger partial charge in [-0.15, -0.1) is 0 Å². The van der Waals surface area contributed by atoms with Gasteiger partial charge in [-0.2, -0.15) is 0 Å². The van der Waals surface area contributed by atoms with Gasteiger partial charge in [-0.3, -0.25) is 4.79 Å². The van der Waals surface area contributed by atoms with Gasteiger partial charge in [0, 0.05) is 0 Å². The lowest BCUT2D eigenvalue weighted by molar-refractivity contribution is -0.123. The van der Waals surface area contributed by atoms with E-state index in [0.29, 0.717) is 5.92 Å². The number of carbonyl (C=O) groups excluding carboxylic acids is 1. The van der Waals surface area contributed by atoms with Crippen LogP contribution < -0.4 is 11.1 Å². The molecule has 3 heteroatoms. The standard InChI is InChI=1S/C10H20N2O/c1-10(2,3)7-5-4-6-12-8(7)9(11)13/h7-8,12H,4-6H2,1-3H3,(H2,11,13)/t7-,8+/m1/s1. The minimum Gasteiger partial charge on any atom is -0.368 e. The molecule has 1 amide bonds. The quantitative estimate of drug-likeness (QED) is 0.636. The van der Waals surface area contributed by atoms with E-state index in [0.717, 1.165) is 19.4 Å². The van der Waals surface area contributed by atoms with Crippen LogP contribution in [0.5, 0.6) is 0 Å². The number of piperidine rings is 1. The van der Waals surface area contributed by atoms with Crippen LogP contribution >= 0.6 is 0 Å². The highest BCUT2D eigenvalue weighted by Crippen LogP contribution is 2.34. The number of rotatable bonds is 1. The lowest BCUT2D eigenvalue weighted by atomic mass is 9.72. The first-order valence-electron chi connectivity index (χ1n) is 4.95. The average molecular weight is 184 g/mol. The molecule has 1 aliphatic heterocycles. The molecule has 1 saturated heterocycles. The fourth-order valence-electron chi connectivity index (χ4n) is 2.12. The summed E-state index contributed by atoms with van der Waals surface area (Å²) in [6, 6.07) is -0.131. The summed E-state index contributed by atoms with van der Waals surface area (Å²) in [7, 11) is 0. The Balaban J connectivity index is 2.73. The molecule has 0 spiro atoms. The summed E-state index contributed by atoms with van der Waals surface area (Å²) in [6.07, 6.45) is 2.25. The molecule has 1 heterocycles. The summed E-state index contributed by atoms with van der Waals surface area (Å²) >= 11 is 0. The van der Waals surface area contributed by atoms with E-state index in [1.165, 1.54) is 0 Å². The van der Waals surface area contributed by atoms with E-state index in [1.54, 1.807) is 0 Å². The van der Waals surface area contributed by atoms with E-state index in [-0.39, 0.29) is 17.4 Å². The van der Waals surface area contributed by atoms with Crippen molar-refractivity contribution in [3.63, 3.8) is 0 Å². The van der Waals surface area contributed by atoms with Gasteiger partial charge in [-0.25, -0.2) is 0 Å². The Labute approximate surface area is 80.1 Å². The molecule has 2 atom stereocenters. The van der Waals surface area contributed by atoms with Crippen LogP contribution in [0, 0.1) is 11.3 Å². The minimum absolute atomic E-state index is 0.131. The Morgan fingerprint density at radius 2 is 2.08 bits per heavy atom. The molecular weight excluding hydrogens is 164 g/mol. The van der Waals surface area contributed by atoms with Crippen LogP contribution in [-0.2, 0) is 4.79 Å². The molecule has 0 radical (unpaired) electrons. The molecule has 76 valence electrons. The van der Waals surface area contributed by atoms with Crippen molar-refractivity contribution in [2.75, 3.05) is 6.54 Å². The second-order valence-corrected chi connectivity index (χ2v) is 4.95. The summed E-state index contributed by atoms with van der Waals surface area (Å²) in [5.41, 5.74) is 5.51. The summed E-state index contributed by atoms with van der Waals surface area (Å²) < 4.78 is 0. The first kappa shape index (κ1) is 10.5. The molecule has 1 fully saturated rings. The normalized spacial score (nSPS) is 30.1. The molecule has 3 N–H and O–H groups in total. The predicted molar refractivity (Wildman–Crippen MR) is 53.2 cm³/mol. The van der Waals surface area contributed by atoms with Crippen molar-refractivity contribution in [3.8, 4) is 0 Å². The van der Waals surface area contributed by atoms with Gasteiger partial charge in [-0.05, 0) is 30.7 Å². The maximum absolute atomic E-state index is 11.2. The maximum atomic E-state index is 11.2. The lowest BCUT2D eigenvalue weighted by Gasteiger charge is -2.39. The van der Waals surface area contributed by atoms with Gasteiger partial charge in [0.2, 0.25) is 5.91 Å². The van der Waals surface area contributed by atoms with E-state index >= 15 is 0 Å². The van der Waals surface area contributed by atoms with E-state index in [2.05, 4.69) is 26.1 Å². The van der Waals surface area contributed by atoms with Crippen molar-refractivity contribution in [2.45, 2.75) is 39.7 Å². The predicted octanol–water partition coefficient (Wildman–Crippen LogP) is 0.886. The molecule has 0 aromatic rings. The zero-order chi connectivity index (χ0) is 10.1. The van der Waals surface area contributed by atoms with Crippen LogP contribution in [0.4, 0.5) is 0 Å². The molecule has 0 aliphatic carbocycles. The zero-order valence-corrected chi connectivity index (χ0v) is 8.76. The largest absolute Gasteiger partial charge is 0.368 e. The smallest absolute Gasteiger partial charge is 0.234 e. The fourth-order valence-corrected chi connectivity index (χ4v) is 2.12. The Bertz CT molecular complexity index is 196. The third-order valence-electron chi connectivity index (χ3n) is 2.88. The van der Waals surface area contributed by atoms with Gasteiger partial charge in [0.05, 0.1) is 6.04 Å². The number of nitrogens with two attached hydrogens (primary N) is 1. The average Bonchev–Trinajstić information content (AvgIpc) is 2.03. The van der Waals surface area contributed by atoms with E-state index in [1.807, 2.05) is 0 Å². The van der Waals surface area contributed by atoms with Crippen LogP contribution in [0.1, 0.15) is 33.6 Å². The van der Waals surface area contributed by atoms with Crippen molar-refractivity contribution in [2.24, 2.45) is 17.1 Å². The molecule has 3 nitrogen and oxygen atoms in total. The molecule has 1 rings (SSSR count). The lowest BCUT2D eigenvalue weighted by Crippen LogP contribution is -2.53. The number of amides is 1. The van der Waals surface area contributed by atoms with Gasteiger partial charge >= 0.3 is 0 Å². The third-order valence-corrected chi connectivity index (χ3v) is 2.88. The SMILES string of the molecule is CC(C)(C)[C@@H]1CCCN[C@@H]1C(N)=O. The van der Waals surface area contributed by atoms with Gasteiger partial charge in [-0.1, -0.05) is 20.8 Å². The van der Waals surface area contributed by atoms with Gasteiger partial charge in [0.15, 0.2) is 0 Å². The second kappa shape index (κ2) is 3.66. The third kappa shape index (κ3) is 2.44. The first-order valence-corrected chi connectivity index (χ1v) is 4.95. The Kier molecular flexibility index (Phi) is 2.96.